The van der Waals surface area contributed by atoms with Crippen LogP contribution in [0.25, 0.3) is 0 Å². The molecule has 1 fully saturated rings. The molecule has 2 atom stereocenters. The number of hydrogen-bond acceptors (Lipinski definition) is 5. The third-order valence-electron chi connectivity index (χ3n) is 5.78. The summed E-state index contributed by atoms with van der Waals surface area (Å²) in [5.74, 6) is -1.49. The fraction of sp³-hybridized carbons (Fsp3) is 0.545. The van der Waals surface area contributed by atoms with E-state index in [9.17, 15) is 19.2 Å². The van der Waals surface area contributed by atoms with Crippen LogP contribution in [0.5, 0.6) is 0 Å². The standard InChI is InChI=1S/C22H31N3O5/c1-6-14(4)16-11-9-10-12-17(16)23-19(27)15(5)30-18(26)13-25-20(28)22(7-2,8-3)24-21(25)29/h9-12,14-15H,6-8,13H2,1-5H3,(H,23,27)(H,24,29)/t14-,15-/m0/s1. The molecule has 1 aliphatic heterocycles. The molecule has 8 heteroatoms. The number of carbonyl (C=O) groups is 4. The first kappa shape index (κ1) is 23.4. The first-order valence-electron chi connectivity index (χ1n) is 10.4. The normalized spacial score (nSPS) is 17.3. The molecule has 1 saturated heterocycles. The lowest BCUT2D eigenvalue weighted by Gasteiger charge is -2.23. The van der Waals surface area contributed by atoms with Gasteiger partial charge in [0.05, 0.1) is 0 Å². The first-order valence-corrected chi connectivity index (χ1v) is 10.4. The zero-order valence-corrected chi connectivity index (χ0v) is 18.3. The summed E-state index contributed by atoms with van der Waals surface area (Å²) in [4.78, 5) is 50.4. The van der Waals surface area contributed by atoms with Crippen molar-refractivity contribution >= 4 is 29.5 Å². The van der Waals surface area contributed by atoms with Gasteiger partial charge in [0.2, 0.25) is 0 Å². The molecule has 0 bridgehead atoms. The van der Waals surface area contributed by atoms with Gasteiger partial charge in [0.1, 0.15) is 12.1 Å². The Morgan fingerprint density at radius 3 is 2.33 bits per heavy atom. The predicted octanol–water partition coefficient (Wildman–Crippen LogP) is 3.18. The maximum Gasteiger partial charge on any atom is 0.327 e. The second kappa shape index (κ2) is 9.73. The number of imide groups is 1. The van der Waals surface area contributed by atoms with Crippen molar-refractivity contribution in [1.29, 1.82) is 0 Å². The molecule has 4 amide bonds. The summed E-state index contributed by atoms with van der Waals surface area (Å²) in [6.45, 7) is 8.65. The van der Waals surface area contributed by atoms with E-state index in [1.807, 2.05) is 18.2 Å². The Morgan fingerprint density at radius 2 is 1.77 bits per heavy atom. The summed E-state index contributed by atoms with van der Waals surface area (Å²) >= 11 is 0. The topological polar surface area (TPSA) is 105 Å². The highest BCUT2D eigenvalue weighted by Gasteiger charge is 2.49. The van der Waals surface area contributed by atoms with Gasteiger partial charge in [-0.15, -0.1) is 0 Å². The summed E-state index contributed by atoms with van der Waals surface area (Å²) < 4.78 is 5.18. The fourth-order valence-electron chi connectivity index (χ4n) is 3.46. The van der Waals surface area contributed by atoms with Crippen molar-refractivity contribution in [2.75, 3.05) is 11.9 Å². The third kappa shape index (κ3) is 4.80. The van der Waals surface area contributed by atoms with Crippen molar-refractivity contribution in [2.45, 2.75) is 71.4 Å². The van der Waals surface area contributed by atoms with E-state index in [2.05, 4.69) is 24.5 Å². The number of para-hydroxylation sites is 1. The lowest BCUT2D eigenvalue weighted by Crippen LogP contribution is -2.46. The van der Waals surface area contributed by atoms with Crippen molar-refractivity contribution in [2.24, 2.45) is 0 Å². The summed E-state index contributed by atoms with van der Waals surface area (Å²) in [5.41, 5.74) is 0.686. The van der Waals surface area contributed by atoms with Crippen LogP contribution in [0.1, 0.15) is 65.4 Å². The number of nitrogens with zero attached hydrogens (tertiary/aromatic N) is 1. The van der Waals surface area contributed by atoms with Gasteiger partial charge in [-0.05, 0) is 43.7 Å². The van der Waals surface area contributed by atoms with Crippen molar-refractivity contribution in [3.05, 3.63) is 29.8 Å². The van der Waals surface area contributed by atoms with Gasteiger partial charge in [-0.1, -0.05) is 45.9 Å². The molecule has 0 aliphatic carbocycles. The predicted molar refractivity (Wildman–Crippen MR) is 113 cm³/mol. The van der Waals surface area contributed by atoms with Crippen molar-refractivity contribution < 1.29 is 23.9 Å². The van der Waals surface area contributed by atoms with Crippen LogP contribution in [0.4, 0.5) is 10.5 Å². The molecule has 2 rings (SSSR count). The summed E-state index contributed by atoms with van der Waals surface area (Å²) in [7, 11) is 0. The molecular formula is C22H31N3O5. The average molecular weight is 418 g/mol. The Bertz CT molecular complexity index is 819. The molecule has 164 valence electrons. The van der Waals surface area contributed by atoms with Crippen LogP contribution in [0.3, 0.4) is 0 Å². The van der Waals surface area contributed by atoms with E-state index >= 15 is 0 Å². The Kier molecular flexibility index (Phi) is 7.59. The number of anilines is 1. The number of esters is 1. The molecule has 0 aromatic heterocycles. The highest BCUT2D eigenvalue weighted by atomic mass is 16.5. The molecule has 30 heavy (non-hydrogen) atoms. The molecule has 8 nitrogen and oxygen atoms in total. The minimum absolute atomic E-state index is 0.261. The minimum atomic E-state index is -1.08. The third-order valence-corrected chi connectivity index (χ3v) is 5.78. The number of rotatable bonds is 9. The largest absolute Gasteiger partial charge is 0.451 e. The second-order valence-electron chi connectivity index (χ2n) is 7.63. The van der Waals surface area contributed by atoms with Crippen LogP contribution in [0, 0.1) is 0 Å². The van der Waals surface area contributed by atoms with Crippen LogP contribution in [-0.2, 0) is 19.1 Å². The van der Waals surface area contributed by atoms with Crippen LogP contribution in [0.15, 0.2) is 24.3 Å². The van der Waals surface area contributed by atoms with E-state index in [-0.39, 0.29) is 5.92 Å². The van der Waals surface area contributed by atoms with Gasteiger partial charge in [0, 0.05) is 5.69 Å². The lowest BCUT2D eigenvalue weighted by atomic mass is 9.93. The molecule has 0 saturated carbocycles. The molecule has 0 unspecified atom stereocenters. The highest BCUT2D eigenvalue weighted by Crippen LogP contribution is 2.27. The van der Waals surface area contributed by atoms with E-state index in [1.54, 1.807) is 19.9 Å². The smallest absolute Gasteiger partial charge is 0.327 e. The molecule has 2 N–H and O–H groups in total. The first-order chi connectivity index (χ1) is 14.2. The van der Waals surface area contributed by atoms with Crippen molar-refractivity contribution in [3.8, 4) is 0 Å². The number of urea groups is 1. The molecule has 0 spiro atoms. The average Bonchev–Trinajstić information content (AvgIpc) is 2.98. The van der Waals surface area contributed by atoms with Crippen molar-refractivity contribution in [1.82, 2.24) is 10.2 Å². The zero-order chi connectivity index (χ0) is 22.5. The highest BCUT2D eigenvalue weighted by molar-refractivity contribution is 6.08. The molecule has 0 radical (unpaired) electrons. The maximum atomic E-state index is 12.6. The monoisotopic (exact) mass is 417 g/mol. The molecule has 1 aromatic rings. The van der Waals surface area contributed by atoms with E-state index < -0.39 is 42.0 Å². The second-order valence-corrected chi connectivity index (χ2v) is 7.63. The van der Waals surface area contributed by atoms with E-state index in [1.165, 1.54) is 6.92 Å². The number of nitrogens with one attached hydrogen (secondary N) is 2. The summed E-state index contributed by atoms with van der Waals surface area (Å²) in [5, 5.41) is 5.45. The Morgan fingerprint density at radius 1 is 1.13 bits per heavy atom. The fourth-order valence-corrected chi connectivity index (χ4v) is 3.46. The van der Waals surface area contributed by atoms with E-state index in [0.717, 1.165) is 16.9 Å². The number of amides is 4. The number of carbonyl (C=O) groups excluding carboxylic acids is 4. The van der Waals surface area contributed by atoms with Gasteiger partial charge in [0.15, 0.2) is 6.10 Å². The Labute approximate surface area is 177 Å². The van der Waals surface area contributed by atoms with Crippen LogP contribution in [-0.4, -0.2) is 46.9 Å². The van der Waals surface area contributed by atoms with Crippen molar-refractivity contribution in [3.63, 3.8) is 0 Å². The van der Waals surface area contributed by atoms with Crippen LogP contribution in [0.2, 0.25) is 0 Å². The number of ether oxygens (including phenoxy) is 1. The maximum absolute atomic E-state index is 12.6. The lowest BCUT2D eigenvalue weighted by molar-refractivity contribution is -0.155. The van der Waals surface area contributed by atoms with Gasteiger partial charge in [-0.25, -0.2) is 4.79 Å². The summed E-state index contributed by atoms with van der Waals surface area (Å²) in [6, 6.07) is 6.86. The van der Waals surface area contributed by atoms with E-state index in [4.69, 9.17) is 4.74 Å². The Hall–Kier alpha value is -2.90. The number of benzene rings is 1. The van der Waals surface area contributed by atoms with Gasteiger partial charge in [-0.2, -0.15) is 0 Å². The summed E-state index contributed by atoms with van der Waals surface area (Å²) in [6.07, 6.45) is 0.688. The van der Waals surface area contributed by atoms with Gasteiger partial charge in [0.25, 0.3) is 11.8 Å². The van der Waals surface area contributed by atoms with Gasteiger partial charge in [-0.3, -0.25) is 19.3 Å². The van der Waals surface area contributed by atoms with Crippen LogP contribution >= 0.6 is 0 Å². The molecule has 1 aromatic carbocycles. The molecule has 1 heterocycles. The quantitative estimate of drug-likeness (QED) is 0.474. The van der Waals surface area contributed by atoms with Crippen LogP contribution < -0.4 is 10.6 Å². The SMILES string of the molecule is CC[C@H](C)c1ccccc1NC(=O)[C@H](C)OC(=O)CN1C(=O)NC(CC)(CC)C1=O. The van der Waals surface area contributed by atoms with E-state index in [0.29, 0.717) is 18.5 Å². The minimum Gasteiger partial charge on any atom is -0.451 e. The number of hydrogen-bond donors (Lipinski definition) is 2. The molecule has 1 aliphatic rings. The molecular weight excluding hydrogens is 386 g/mol. The zero-order valence-electron chi connectivity index (χ0n) is 18.3. The van der Waals surface area contributed by atoms with Gasteiger partial charge < -0.3 is 15.4 Å². The van der Waals surface area contributed by atoms with Gasteiger partial charge >= 0.3 is 12.0 Å². The Balaban J connectivity index is 1.99.